The molecule has 6 nitrogen and oxygen atoms in total. The lowest BCUT2D eigenvalue weighted by atomic mass is 10.0. The molecule has 0 unspecified atom stereocenters. The maximum atomic E-state index is 14.5. The van der Waals surface area contributed by atoms with Gasteiger partial charge in [-0.25, -0.2) is 13.2 Å². The molecule has 0 aliphatic rings. The molecule has 0 fully saturated rings. The lowest BCUT2D eigenvalue weighted by molar-refractivity contribution is -0.132. The van der Waals surface area contributed by atoms with Gasteiger partial charge in [0.05, 0.1) is 10.9 Å². The van der Waals surface area contributed by atoms with Gasteiger partial charge in [0.1, 0.15) is 19.0 Å². The first-order chi connectivity index (χ1) is 22.8. The molecule has 9 heteroatoms. The highest BCUT2D eigenvalue weighted by molar-refractivity contribution is 5.82. The maximum absolute atomic E-state index is 14.5. The minimum atomic E-state index is -0.937. The summed E-state index contributed by atoms with van der Waals surface area (Å²) in [5, 5.41) is 0.380. The van der Waals surface area contributed by atoms with Crippen LogP contribution in [0.15, 0.2) is 95.8 Å². The van der Waals surface area contributed by atoms with Crippen LogP contribution in [0.25, 0.3) is 22.0 Å². The van der Waals surface area contributed by atoms with Crippen LogP contribution in [0.1, 0.15) is 36.4 Å². The Morgan fingerprint density at radius 2 is 1.45 bits per heavy atom. The molecule has 0 atom stereocenters. The van der Waals surface area contributed by atoms with Crippen molar-refractivity contribution in [3.05, 3.63) is 135 Å². The first-order valence-electron chi connectivity index (χ1n) is 16.0. The normalized spacial score (nSPS) is 11.4. The zero-order valence-electron chi connectivity index (χ0n) is 26.8. The molecule has 244 valence electrons. The van der Waals surface area contributed by atoms with Crippen molar-refractivity contribution in [2.45, 2.75) is 46.5 Å². The summed E-state index contributed by atoms with van der Waals surface area (Å²) in [6, 6.07) is 26.3. The molecule has 1 amide bonds. The summed E-state index contributed by atoms with van der Waals surface area (Å²) in [4.78, 5) is 35.5. The van der Waals surface area contributed by atoms with E-state index in [2.05, 4.69) is 23.7 Å². The molecule has 5 rings (SSSR count). The van der Waals surface area contributed by atoms with Gasteiger partial charge >= 0.3 is 0 Å². The van der Waals surface area contributed by atoms with Gasteiger partial charge in [0.2, 0.25) is 5.91 Å². The summed E-state index contributed by atoms with van der Waals surface area (Å²) < 4.78 is 43.1. The fourth-order valence-electron chi connectivity index (χ4n) is 5.76. The number of rotatable bonds is 14. The number of carbonyl (C=O) groups excluding carboxylic acids is 1. The summed E-state index contributed by atoms with van der Waals surface area (Å²) >= 11 is 0. The quantitative estimate of drug-likeness (QED) is 0.132. The van der Waals surface area contributed by atoms with Gasteiger partial charge in [-0.3, -0.25) is 9.59 Å². The number of alkyl halides is 1. The molecular formula is C38H39F3N4O2. The van der Waals surface area contributed by atoms with E-state index in [4.69, 9.17) is 0 Å². The summed E-state index contributed by atoms with van der Waals surface area (Å²) in [7, 11) is 0. The molecule has 0 aliphatic heterocycles. The van der Waals surface area contributed by atoms with Crippen molar-refractivity contribution in [3.8, 4) is 11.1 Å². The van der Waals surface area contributed by atoms with E-state index in [9.17, 15) is 22.8 Å². The molecule has 47 heavy (non-hydrogen) atoms. The number of aromatic nitrogens is 2. The second-order valence-electron chi connectivity index (χ2n) is 11.5. The molecule has 0 spiro atoms. The zero-order valence-corrected chi connectivity index (χ0v) is 26.8. The highest BCUT2D eigenvalue weighted by Crippen LogP contribution is 2.22. The van der Waals surface area contributed by atoms with Gasteiger partial charge in [-0.15, -0.1) is 0 Å². The fourth-order valence-corrected chi connectivity index (χ4v) is 5.76. The Labute approximate surface area is 273 Å². The van der Waals surface area contributed by atoms with Gasteiger partial charge in [0.25, 0.3) is 5.56 Å². The van der Waals surface area contributed by atoms with Gasteiger partial charge in [0, 0.05) is 26.1 Å². The number of nitrogens with zero attached hydrogens (tertiary/aromatic N) is 4. The highest BCUT2D eigenvalue weighted by Gasteiger charge is 2.20. The number of hydrogen-bond acceptors (Lipinski definition) is 4. The topological polar surface area (TPSA) is 58.4 Å². The van der Waals surface area contributed by atoms with Crippen molar-refractivity contribution in [3.63, 3.8) is 0 Å². The fraction of sp³-hybridized carbons (Fsp3) is 0.289. The zero-order chi connectivity index (χ0) is 33.3. The molecule has 0 saturated heterocycles. The van der Waals surface area contributed by atoms with E-state index in [0.29, 0.717) is 41.9 Å². The first-order valence-corrected chi connectivity index (χ1v) is 16.0. The number of benzene rings is 4. The van der Waals surface area contributed by atoms with E-state index in [0.717, 1.165) is 35.8 Å². The Bertz CT molecular complexity index is 1870. The average molecular weight is 641 g/mol. The van der Waals surface area contributed by atoms with Crippen LogP contribution in [0.2, 0.25) is 0 Å². The molecular weight excluding hydrogens is 601 g/mol. The standard InChI is InChI=1S/C38H39F3N4O2/c1-3-43(4-2)22-23-44(25-28-14-18-30(19-15-28)29-16-12-27(24-39)13-17-29)36(46)26-45-34-11-6-5-9-32(34)38(47)42-35(45)21-20-31-8-7-10-33(40)37(31)41/h5-19H,3-4,20-26H2,1-2H3. The highest BCUT2D eigenvalue weighted by atomic mass is 19.2. The van der Waals surface area contributed by atoms with E-state index >= 15 is 0 Å². The third kappa shape index (κ3) is 8.16. The van der Waals surface area contributed by atoms with Crippen molar-refractivity contribution in [2.24, 2.45) is 0 Å². The predicted molar refractivity (Wildman–Crippen MR) is 180 cm³/mol. The SMILES string of the molecule is CCN(CC)CCN(Cc1ccc(-c2ccc(CF)cc2)cc1)C(=O)Cn1c(CCc2cccc(F)c2F)nc(=O)c2ccccc21. The first kappa shape index (κ1) is 33.6. The van der Waals surface area contributed by atoms with Crippen LogP contribution in [0.3, 0.4) is 0 Å². The van der Waals surface area contributed by atoms with Crippen LogP contribution < -0.4 is 5.56 Å². The summed E-state index contributed by atoms with van der Waals surface area (Å²) in [5.74, 6) is -1.69. The summed E-state index contributed by atoms with van der Waals surface area (Å²) in [6.45, 7) is 6.83. The lowest BCUT2D eigenvalue weighted by Gasteiger charge is -2.28. The van der Waals surface area contributed by atoms with Crippen LogP contribution in [0, 0.1) is 11.6 Å². The number of carbonyl (C=O) groups is 1. The smallest absolute Gasteiger partial charge is 0.280 e. The molecule has 0 radical (unpaired) electrons. The number of hydrogen-bond donors (Lipinski definition) is 0. The third-order valence-electron chi connectivity index (χ3n) is 8.61. The second-order valence-corrected chi connectivity index (χ2v) is 11.5. The molecule has 0 aliphatic carbocycles. The molecule has 1 aromatic heterocycles. The van der Waals surface area contributed by atoms with Gasteiger partial charge in [-0.2, -0.15) is 4.98 Å². The molecule has 0 saturated carbocycles. The Morgan fingerprint density at radius 1 is 0.787 bits per heavy atom. The Hall–Kier alpha value is -4.76. The third-order valence-corrected chi connectivity index (χ3v) is 8.61. The average Bonchev–Trinajstić information content (AvgIpc) is 3.10. The van der Waals surface area contributed by atoms with Crippen LogP contribution in [0.5, 0.6) is 0 Å². The molecule has 5 aromatic rings. The molecule has 4 aromatic carbocycles. The Kier molecular flexibility index (Phi) is 11.2. The van der Waals surface area contributed by atoms with Crippen molar-refractivity contribution >= 4 is 16.8 Å². The van der Waals surface area contributed by atoms with Crippen LogP contribution >= 0.6 is 0 Å². The lowest BCUT2D eigenvalue weighted by Crippen LogP contribution is -2.40. The second kappa shape index (κ2) is 15.7. The minimum Gasteiger partial charge on any atom is -0.336 e. The van der Waals surface area contributed by atoms with E-state index in [1.54, 1.807) is 41.0 Å². The van der Waals surface area contributed by atoms with Crippen LogP contribution in [-0.2, 0) is 37.4 Å². The summed E-state index contributed by atoms with van der Waals surface area (Å²) in [5.41, 5.74) is 3.85. The summed E-state index contributed by atoms with van der Waals surface area (Å²) in [6.07, 6.45) is 0.248. The number of likely N-dealkylation sites (N-methyl/N-ethyl adjacent to an activating group) is 1. The van der Waals surface area contributed by atoms with Crippen molar-refractivity contribution < 1.29 is 18.0 Å². The molecule has 0 N–H and O–H groups in total. The predicted octanol–water partition coefficient (Wildman–Crippen LogP) is 6.97. The van der Waals surface area contributed by atoms with Crippen LogP contribution in [-0.4, -0.2) is 51.4 Å². The Morgan fingerprint density at radius 3 is 2.11 bits per heavy atom. The molecule has 1 heterocycles. The van der Waals surface area contributed by atoms with Gasteiger partial charge in [0.15, 0.2) is 11.6 Å². The van der Waals surface area contributed by atoms with E-state index in [-0.39, 0.29) is 30.9 Å². The van der Waals surface area contributed by atoms with E-state index in [1.807, 2.05) is 41.3 Å². The number of para-hydroxylation sites is 1. The van der Waals surface area contributed by atoms with Crippen molar-refractivity contribution in [1.29, 1.82) is 0 Å². The number of halogens is 3. The largest absolute Gasteiger partial charge is 0.336 e. The Balaban J connectivity index is 1.43. The van der Waals surface area contributed by atoms with Gasteiger partial charge in [-0.1, -0.05) is 86.6 Å². The number of amides is 1. The van der Waals surface area contributed by atoms with Gasteiger partial charge < -0.3 is 14.4 Å². The van der Waals surface area contributed by atoms with E-state index < -0.39 is 23.9 Å². The van der Waals surface area contributed by atoms with Crippen LogP contribution in [0.4, 0.5) is 13.2 Å². The number of fused-ring (bicyclic) bond motifs is 1. The van der Waals surface area contributed by atoms with Crippen molar-refractivity contribution in [2.75, 3.05) is 26.2 Å². The minimum absolute atomic E-state index is 0.0774. The van der Waals surface area contributed by atoms with Gasteiger partial charge in [-0.05, 0) is 65.5 Å². The van der Waals surface area contributed by atoms with Crippen molar-refractivity contribution in [1.82, 2.24) is 19.4 Å². The maximum Gasteiger partial charge on any atom is 0.280 e. The number of aryl methyl sites for hydroxylation is 2. The van der Waals surface area contributed by atoms with E-state index in [1.165, 1.54) is 12.1 Å². The molecule has 0 bridgehead atoms. The monoisotopic (exact) mass is 640 g/mol.